The summed E-state index contributed by atoms with van der Waals surface area (Å²) in [6.07, 6.45) is 0. The van der Waals surface area contributed by atoms with Crippen LogP contribution in [0, 0.1) is 11.6 Å². The van der Waals surface area contributed by atoms with Crippen LogP contribution in [-0.4, -0.2) is 40.1 Å². The highest BCUT2D eigenvalue weighted by atomic mass is 19.1. The molecule has 0 saturated heterocycles. The van der Waals surface area contributed by atoms with Gasteiger partial charge in [0.05, 0.1) is 19.8 Å². The Kier molecular flexibility index (Phi) is 8.10. The smallest absolute Gasteiger partial charge is 0.190 e. The molecule has 0 unspecified atom stereocenters. The van der Waals surface area contributed by atoms with Crippen molar-refractivity contribution in [3.05, 3.63) is 29.3 Å². The number of benzene rings is 1. The molecule has 0 aliphatic rings. The van der Waals surface area contributed by atoms with Gasteiger partial charge in [0, 0.05) is 13.7 Å². The molecule has 0 aliphatic heterocycles. The maximum absolute atomic E-state index is 13.7. The molecule has 1 rings (SSSR count). The van der Waals surface area contributed by atoms with Crippen molar-refractivity contribution in [3.8, 4) is 5.75 Å². The van der Waals surface area contributed by atoms with Gasteiger partial charge in [-0.3, -0.25) is 0 Å². The molecule has 0 aromatic heterocycles. The maximum atomic E-state index is 13.7. The van der Waals surface area contributed by atoms with Crippen LogP contribution in [-0.2, 0) is 16.0 Å². The van der Waals surface area contributed by atoms with E-state index < -0.39 is 11.6 Å². The van der Waals surface area contributed by atoms with Crippen molar-refractivity contribution < 1.29 is 23.0 Å². The Hall–Kier alpha value is -1.24. The molecule has 0 aliphatic carbocycles. The van der Waals surface area contributed by atoms with E-state index in [0.29, 0.717) is 25.3 Å². The van der Waals surface area contributed by atoms with E-state index in [0.717, 1.165) is 6.54 Å². The van der Waals surface area contributed by atoms with Gasteiger partial charge in [0.15, 0.2) is 17.4 Å². The summed E-state index contributed by atoms with van der Waals surface area (Å²) in [6.45, 7) is 4.32. The number of hydrogen-bond donors (Lipinski definition) is 1. The molecule has 0 fully saturated rings. The van der Waals surface area contributed by atoms with E-state index in [1.54, 1.807) is 7.11 Å². The van der Waals surface area contributed by atoms with Crippen molar-refractivity contribution in [2.75, 3.05) is 40.1 Å². The quantitative estimate of drug-likeness (QED) is 0.670. The highest BCUT2D eigenvalue weighted by Gasteiger charge is 2.12. The van der Waals surface area contributed by atoms with Crippen molar-refractivity contribution in [2.45, 2.75) is 13.5 Å². The molecule has 1 aromatic rings. The van der Waals surface area contributed by atoms with E-state index in [4.69, 9.17) is 14.2 Å². The minimum absolute atomic E-state index is 0.0874. The average Bonchev–Trinajstić information content (AvgIpc) is 2.42. The van der Waals surface area contributed by atoms with Crippen LogP contribution >= 0.6 is 0 Å². The van der Waals surface area contributed by atoms with Crippen molar-refractivity contribution in [2.24, 2.45) is 0 Å². The van der Waals surface area contributed by atoms with E-state index >= 15 is 0 Å². The van der Waals surface area contributed by atoms with Gasteiger partial charge in [0.1, 0.15) is 6.61 Å². The monoisotopic (exact) mass is 289 g/mol. The van der Waals surface area contributed by atoms with E-state index in [2.05, 4.69) is 5.32 Å². The van der Waals surface area contributed by atoms with Crippen molar-refractivity contribution in [3.63, 3.8) is 0 Å². The van der Waals surface area contributed by atoms with Crippen LogP contribution in [0.4, 0.5) is 8.78 Å². The fourth-order valence-corrected chi connectivity index (χ4v) is 1.57. The second-order valence-electron chi connectivity index (χ2n) is 4.12. The Balaban J connectivity index is 2.45. The normalized spacial score (nSPS) is 10.8. The van der Waals surface area contributed by atoms with Crippen molar-refractivity contribution in [1.29, 1.82) is 0 Å². The third-order valence-electron chi connectivity index (χ3n) is 2.54. The first kappa shape index (κ1) is 16.8. The van der Waals surface area contributed by atoms with Crippen LogP contribution in [0.2, 0.25) is 0 Å². The van der Waals surface area contributed by atoms with E-state index in [1.807, 2.05) is 6.92 Å². The summed E-state index contributed by atoms with van der Waals surface area (Å²) < 4.78 is 42.4. The molecule has 0 heterocycles. The SMILES string of the molecule is CCNCc1cc(F)c(OCCOCCOC)c(F)c1. The molecule has 0 amide bonds. The number of hydrogen-bond acceptors (Lipinski definition) is 4. The number of rotatable bonds is 10. The topological polar surface area (TPSA) is 39.7 Å². The zero-order valence-corrected chi connectivity index (χ0v) is 11.9. The Bertz CT molecular complexity index is 379. The standard InChI is InChI=1S/C14H21F2NO3/c1-3-17-10-11-8-12(15)14(13(16)9-11)20-7-6-19-5-4-18-2/h8-9,17H,3-7,10H2,1-2H3. The lowest BCUT2D eigenvalue weighted by Gasteiger charge is -2.10. The van der Waals surface area contributed by atoms with Gasteiger partial charge in [-0.1, -0.05) is 6.92 Å². The van der Waals surface area contributed by atoms with Gasteiger partial charge in [-0.15, -0.1) is 0 Å². The molecule has 0 spiro atoms. The summed E-state index contributed by atoms with van der Waals surface area (Å²) in [5.74, 6) is -1.76. The lowest BCUT2D eigenvalue weighted by atomic mass is 10.2. The van der Waals surface area contributed by atoms with Gasteiger partial charge in [0.25, 0.3) is 0 Å². The predicted molar refractivity (Wildman–Crippen MR) is 71.9 cm³/mol. The summed E-state index contributed by atoms with van der Waals surface area (Å²) >= 11 is 0. The molecule has 1 N–H and O–H groups in total. The molecule has 4 nitrogen and oxygen atoms in total. The van der Waals surface area contributed by atoms with Crippen LogP contribution in [0.3, 0.4) is 0 Å². The summed E-state index contributed by atoms with van der Waals surface area (Å²) in [5.41, 5.74) is 0.547. The summed E-state index contributed by atoms with van der Waals surface area (Å²) in [5, 5.41) is 3.00. The first-order valence-corrected chi connectivity index (χ1v) is 6.57. The van der Waals surface area contributed by atoms with Crippen LogP contribution in [0.1, 0.15) is 12.5 Å². The van der Waals surface area contributed by atoms with Gasteiger partial charge < -0.3 is 19.5 Å². The van der Waals surface area contributed by atoms with Gasteiger partial charge in [-0.2, -0.15) is 0 Å². The second-order valence-corrected chi connectivity index (χ2v) is 4.12. The molecular weight excluding hydrogens is 268 g/mol. The van der Waals surface area contributed by atoms with E-state index in [9.17, 15) is 8.78 Å². The maximum Gasteiger partial charge on any atom is 0.190 e. The fourth-order valence-electron chi connectivity index (χ4n) is 1.57. The summed E-state index contributed by atoms with van der Waals surface area (Å²) in [6, 6.07) is 2.54. The van der Waals surface area contributed by atoms with E-state index in [-0.39, 0.29) is 19.0 Å². The summed E-state index contributed by atoms with van der Waals surface area (Å²) in [7, 11) is 1.57. The molecule has 1 aromatic carbocycles. The molecule has 20 heavy (non-hydrogen) atoms. The molecule has 114 valence electrons. The minimum atomic E-state index is -0.699. The van der Waals surface area contributed by atoms with Crippen molar-refractivity contribution in [1.82, 2.24) is 5.32 Å². The highest BCUT2D eigenvalue weighted by Crippen LogP contribution is 2.23. The number of halogens is 2. The second kappa shape index (κ2) is 9.63. The Morgan fingerprint density at radius 2 is 1.70 bits per heavy atom. The number of methoxy groups -OCH3 is 1. The summed E-state index contributed by atoms with van der Waals surface area (Å²) in [4.78, 5) is 0. The number of nitrogens with one attached hydrogen (secondary N) is 1. The third-order valence-corrected chi connectivity index (χ3v) is 2.54. The molecular formula is C14H21F2NO3. The van der Waals surface area contributed by atoms with Gasteiger partial charge >= 0.3 is 0 Å². The van der Waals surface area contributed by atoms with E-state index in [1.165, 1.54) is 12.1 Å². The van der Waals surface area contributed by atoms with Crippen LogP contribution in [0.15, 0.2) is 12.1 Å². The molecule has 0 radical (unpaired) electrons. The Morgan fingerprint density at radius 3 is 2.30 bits per heavy atom. The lowest BCUT2D eigenvalue weighted by molar-refractivity contribution is 0.0531. The van der Waals surface area contributed by atoms with Gasteiger partial charge in [-0.25, -0.2) is 8.78 Å². The Labute approximate surface area is 118 Å². The largest absolute Gasteiger partial charge is 0.485 e. The molecule has 0 bridgehead atoms. The highest BCUT2D eigenvalue weighted by molar-refractivity contribution is 5.31. The predicted octanol–water partition coefficient (Wildman–Crippen LogP) is 2.12. The van der Waals surface area contributed by atoms with Crippen LogP contribution in [0.25, 0.3) is 0 Å². The van der Waals surface area contributed by atoms with Crippen LogP contribution in [0.5, 0.6) is 5.75 Å². The molecule has 6 heteroatoms. The minimum Gasteiger partial charge on any atom is -0.485 e. The zero-order valence-electron chi connectivity index (χ0n) is 11.9. The van der Waals surface area contributed by atoms with Crippen molar-refractivity contribution >= 4 is 0 Å². The average molecular weight is 289 g/mol. The zero-order chi connectivity index (χ0) is 14.8. The molecule has 0 saturated carbocycles. The lowest BCUT2D eigenvalue weighted by Crippen LogP contribution is -2.13. The van der Waals surface area contributed by atoms with Gasteiger partial charge in [-0.05, 0) is 24.2 Å². The first-order valence-electron chi connectivity index (χ1n) is 6.57. The van der Waals surface area contributed by atoms with Gasteiger partial charge in [0.2, 0.25) is 0 Å². The fraction of sp³-hybridized carbons (Fsp3) is 0.571. The first-order chi connectivity index (χ1) is 9.69. The third kappa shape index (κ3) is 5.81. The number of ether oxygens (including phenoxy) is 3. The molecule has 0 atom stereocenters. The van der Waals surface area contributed by atoms with Crippen LogP contribution < -0.4 is 10.1 Å². The Morgan fingerprint density at radius 1 is 1.05 bits per heavy atom.